The van der Waals surface area contributed by atoms with Gasteiger partial charge in [-0.2, -0.15) is 0 Å². The summed E-state index contributed by atoms with van der Waals surface area (Å²) in [5, 5.41) is 43.1. The Kier molecular flexibility index (Phi) is 11.4. The van der Waals surface area contributed by atoms with Gasteiger partial charge in [0.15, 0.2) is 17.6 Å². The number of phenolic OH excluding ortho intramolecular Hbond substituents is 1. The van der Waals surface area contributed by atoms with Crippen molar-refractivity contribution in [1.82, 2.24) is 5.32 Å². The monoisotopic (exact) mass is 515 g/mol. The molecule has 2 heterocycles. The maximum Gasteiger partial charge on any atom is 0.207 e. The molecule has 6 N–H and O–H groups in total. The summed E-state index contributed by atoms with van der Waals surface area (Å²) in [5.41, 5.74) is 2.51. The number of hydrogen-bond acceptors (Lipinski definition) is 7. The molecule has 0 bridgehead atoms. The van der Waals surface area contributed by atoms with Gasteiger partial charge in [-0.05, 0) is 50.8 Å². The lowest BCUT2D eigenvalue weighted by Gasteiger charge is -2.19. The van der Waals surface area contributed by atoms with Crippen LogP contribution in [0.1, 0.15) is 52.0 Å². The van der Waals surface area contributed by atoms with Crippen LogP contribution in [0.5, 0.6) is 11.5 Å². The number of allylic oxidation sites excluding steroid dienone is 1. The van der Waals surface area contributed by atoms with E-state index in [1.807, 2.05) is 18.2 Å². The Hall–Kier alpha value is -2.49. The molecule has 1 unspecified atom stereocenters. The maximum absolute atomic E-state index is 10.6. The minimum absolute atomic E-state index is 0.0187. The summed E-state index contributed by atoms with van der Waals surface area (Å²) >= 11 is 0. The third-order valence-corrected chi connectivity index (χ3v) is 6.68. The van der Waals surface area contributed by atoms with E-state index in [1.54, 1.807) is 25.3 Å². The first-order valence-electron chi connectivity index (χ1n) is 13.3. The lowest BCUT2D eigenvalue weighted by atomic mass is 9.95. The molecule has 0 spiro atoms. The van der Waals surface area contributed by atoms with E-state index in [-0.39, 0.29) is 31.0 Å². The number of ether oxygens (including phenoxy) is 2. The summed E-state index contributed by atoms with van der Waals surface area (Å²) in [6.45, 7) is 7.19. The molecule has 0 saturated carbocycles. The molecule has 37 heavy (non-hydrogen) atoms. The van der Waals surface area contributed by atoms with E-state index in [1.165, 1.54) is 0 Å². The first kappa shape index (κ1) is 29.1. The molecular formula is C29H43N2O6+. The second-order valence-corrected chi connectivity index (χ2v) is 10.0. The number of nitrogens with zero attached hydrogens (tertiary/aromatic N) is 1. The van der Waals surface area contributed by atoms with Gasteiger partial charge in [0.25, 0.3) is 0 Å². The van der Waals surface area contributed by atoms with E-state index in [0.29, 0.717) is 24.5 Å². The van der Waals surface area contributed by atoms with Gasteiger partial charge >= 0.3 is 0 Å². The number of aryl methyl sites for hydroxylation is 1. The van der Waals surface area contributed by atoms with Crippen molar-refractivity contribution in [2.75, 3.05) is 26.3 Å². The Morgan fingerprint density at radius 3 is 2.78 bits per heavy atom. The standard InChI is InChI=1S/C29H42N2O6/c1-4-5-6-28-23(17-32)12-24(37-28)9-7-21-8-10-26(34)29(11-21)36-18-27(35)25-13-22(16-31-25)19(2)14-30-15-20(3)33/h8,10-13,16,19-20,27-28,30,32-33,35,37H,4-7,9,14-15,17-18H2,1-3H3/p+1/t19-,20+,27+,28?/m1/s1. The second-order valence-electron chi connectivity index (χ2n) is 10.0. The van der Waals surface area contributed by atoms with Crippen molar-refractivity contribution < 1.29 is 29.9 Å². The molecule has 1 aromatic rings. The van der Waals surface area contributed by atoms with E-state index in [0.717, 1.165) is 55.3 Å². The van der Waals surface area contributed by atoms with E-state index in [9.17, 15) is 20.4 Å². The molecule has 0 aromatic heterocycles. The average molecular weight is 516 g/mol. The number of unbranched alkanes of at least 4 members (excludes halogenated alkanes) is 1. The van der Waals surface area contributed by atoms with Gasteiger partial charge in [0.05, 0.1) is 18.1 Å². The van der Waals surface area contributed by atoms with Crippen molar-refractivity contribution in [3.05, 3.63) is 59.2 Å². The summed E-state index contributed by atoms with van der Waals surface area (Å²) < 4.78 is 10.6. The summed E-state index contributed by atoms with van der Waals surface area (Å²) in [6, 6.07) is 5.26. The van der Waals surface area contributed by atoms with Crippen molar-refractivity contribution in [2.45, 2.75) is 71.2 Å². The van der Waals surface area contributed by atoms with Gasteiger partial charge in [-0.15, -0.1) is 16.6 Å². The highest BCUT2D eigenvalue weighted by Crippen LogP contribution is 2.32. The molecule has 0 radical (unpaired) electrons. The zero-order chi connectivity index (χ0) is 26.8. The van der Waals surface area contributed by atoms with Crippen molar-refractivity contribution in [3.63, 3.8) is 0 Å². The Morgan fingerprint density at radius 2 is 2.05 bits per heavy atom. The van der Waals surface area contributed by atoms with Crippen LogP contribution in [0.15, 0.2) is 46.6 Å². The highest BCUT2D eigenvalue weighted by molar-refractivity contribution is 5.83. The molecular weight excluding hydrogens is 472 g/mol. The SMILES string of the molecule is CCCCC1[OH+][C-](CCc2ccc(O)c(OC[C@H](O)C3=C[C+]([C@H](C)CNC[C@H](C)O)C=N3)c2)C=C1CO. The van der Waals surface area contributed by atoms with Gasteiger partial charge in [0, 0.05) is 26.1 Å². The van der Waals surface area contributed by atoms with Crippen molar-refractivity contribution >= 4 is 6.21 Å². The number of phenols is 1. The zero-order valence-corrected chi connectivity index (χ0v) is 22.2. The van der Waals surface area contributed by atoms with Gasteiger partial charge in [0.2, 0.25) is 5.70 Å². The zero-order valence-electron chi connectivity index (χ0n) is 22.2. The smallest absolute Gasteiger partial charge is 0.207 e. The highest BCUT2D eigenvalue weighted by Gasteiger charge is 2.31. The first-order valence-corrected chi connectivity index (χ1v) is 13.3. The Labute approximate surface area is 220 Å². The Bertz CT molecular complexity index is 944. The molecule has 0 aliphatic carbocycles. The molecule has 0 fully saturated rings. The number of aliphatic hydroxyl groups excluding tert-OH is 3. The van der Waals surface area contributed by atoms with Crippen LogP contribution in [0.3, 0.4) is 0 Å². The summed E-state index contributed by atoms with van der Waals surface area (Å²) in [4.78, 5) is 4.34. The molecule has 204 valence electrons. The van der Waals surface area contributed by atoms with Crippen molar-refractivity contribution in [1.29, 1.82) is 0 Å². The van der Waals surface area contributed by atoms with E-state index in [4.69, 9.17) is 9.47 Å². The topological polar surface area (TPSA) is 127 Å². The molecule has 2 aliphatic heterocycles. The van der Waals surface area contributed by atoms with Crippen LogP contribution < -0.4 is 10.1 Å². The lowest BCUT2D eigenvalue weighted by molar-refractivity contribution is -0.0550. The Balaban J connectivity index is 1.49. The summed E-state index contributed by atoms with van der Waals surface area (Å²) in [5.74, 6) is 1.52. The van der Waals surface area contributed by atoms with E-state index in [2.05, 4.69) is 24.2 Å². The lowest BCUT2D eigenvalue weighted by Crippen LogP contribution is -2.30. The van der Waals surface area contributed by atoms with Crippen LogP contribution in [0, 0.1) is 17.9 Å². The third kappa shape index (κ3) is 8.79. The fraction of sp³-hybridized carbons (Fsp3) is 0.552. The van der Waals surface area contributed by atoms with Crippen LogP contribution in [-0.4, -0.2) is 76.0 Å². The second kappa shape index (κ2) is 14.4. The third-order valence-electron chi connectivity index (χ3n) is 6.68. The average Bonchev–Trinajstić information content (AvgIpc) is 3.53. The van der Waals surface area contributed by atoms with E-state index < -0.39 is 12.2 Å². The van der Waals surface area contributed by atoms with Gasteiger partial charge in [-0.25, -0.2) is 0 Å². The van der Waals surface area contributed by atoms with Crippen LogP contribution in [-0.2, 0) is 6.42 Å². The number of hydrogen-bond donors (Lipinski definition) is 5. The van der Waals surface area contributed by atoms with Gasteiger partial charge in [0.1, 0.15) is 30.9 Å². The van der Waals surface area contributed by atoms with Crippen LogP contribution in [0.2, 0.25) is 0 Å². The van der Waals surface area contributed by atoms with Gasteiger partial charge in [-0.3, -0.25) is 0 Å². The molecule has 0 saturated heterocycles. The van der Waals surface area contributed by atoms with Crippen molar-refractivity contribution in [3.8, 4) is 11.5 Å². The summed E-state index contributed by atoms with van der Waals surface area (Å²) in [7, 11) is 0. The molecule has 4 atom stereocenters. The Morgan fingerprint density at radius 1 is 1.24 bits per heavy atom. The fourth-order valence-electron chi connectivity index (χ4n) is 4.39. The van der Waals surface area contributed by atoms with Crippen LogP contribution in [0.25, 0.3) is 0 Å². The number of benzene rings is 1. The van der Waals surface area contributed by atoms with Crippen LogP contribution in [0.4, 0.5) is 0 Å². The molecule has 3 rings (SSSR count). The minimum atomic E-state index is -0.927. The summed E-state index contributed by atoms with van der Waals surface area (Å²) in [6.07, 6.45) is 10.0. The maximum atomic E-state index is 10.6. The number of aliphatic imine (C=N–C) groups is 1. The van der Waals surface area contributed by atoms with Gasteiger partial charge in [-0.1, -0.05) is 19.4 Å². The molecule has 8 nitrogen and oxygen atoms in total. The first-order chi connectivity index (χ1) is 17.8. The molecule has 0 amide bonds. The van der Waals surface area contributed by atoms with Crippen molar-refractivity contribution in [2.24, 2.45) is 10.9 Å². The minimum Gasteiger partial charge on any atom is -0.504 e. The van der Waals surface area contributed by atoms with Crippen LogP contribution >= 0.6 is 0 Å². The number of aromatic hydroxyl groups is 1. The quantitative estimate of drug-likeness (QED) is 0.170. The number of aliphatic hydroxyl groups is 5. The fourth-order valence-corrected chi connectivity index (χ4v) is 4.39. The predicted molar refractivity (Wildman–Crippen MR) is 145 cm³/mol. The number of nitrogens with one attached hydrogen (secondary N) is 1. The molecule has 1 aromatic carbocycles. The predicted octanol–water partition coefficient (Wildman–Crippen LogP) is 2.76. The molecule has 2 aliphatic rings. The largest absolute Gasteiger partial charge is 0.504 e. The molecule has 8 heteroatoms. The van der Waals surface area contributed by atoms with E-state index >= 15 is 0 Å². The number of rotatable bonds is 16. The van der Waals surface area contributed by atoms with Gasteiger partial charge < -0.3 is 35.2 Å². The highest BCUT2D eigenvalue weighted by atomic mass is 16.5. The normalized spacial score (nSPS) is 19.7.